The van der Waals surface area contributed by atoms with Crippen LogP contribution in [0.4, 0.5) is 0 Å². The average Bonchev–Trinajstić information content (AvgIpc) is 2.44. The van der Waals surface area contributed by atoms with Crippen LogP contribution in [0.1, 0.15) is 28.8 Å². The van der Waals surface area contributed by atoms with Crippen LogP contribution in [0.15, 0.2) is 54.6 Å². The van der Waals surface area contributed by atoms with Gasteiger partial charge in [0.25, 0.3) is 0 Å². The van der Waals surface area contributed by atoms with Crippen molar-refractivity contribution >= 4 is 5.91 Å². The van der Waals surface area contributed by atoms with Gasteiger partial charge in [-0.15, -0.1) is 0 Å². The van der Waals surface area contributed by atoms with Gasteiger partial charge in [-0.25, -0.2) is 0 Å². The van der Waals surface area contributed by atoms with E-state index in [0.717, 1.165) is 16.7 Å². The molecular formula is C15H14N2O. The SMILES string of the molecule is N[C@H]1C(=O)N[C@H](c2ccccc2)c2ccccc21. The van der Waals surface area contributed by atoms with Crippen molar-refractivity contribution in [2.45, 2.75) is 12.1 Å². The summed E-state index contributed by atoms with van der Waals surface area (Å²) < 4.78 is 0. The van der Waals surface area contributed by atoms with Gasteiger partial charge in [-0.3, -0.25) is 4.79 Å². The fraction of sp³-hybridized carbons (Fsp3) is 0.133. The van der Waals surface area contributed by atoms with Crippen molar-refractivity contribution in [2.24, 2.45) is 5.73 Å². The van der Waals surface area contributed by atoms with E-state index in [4.69, 9.17) is 5.73 Å². The van der Waals surface area contributed by atoms with Crippen LogP contribution in [0.25, 0.3) is 0 Å². The monoisotopic (exact) mass is 238 g/mol. The Morgan fingerprint density at radius 2 is 1.50 bits per heavy atom. The van der Waals surface area contributed by atoms with E-state index >= 15 is 0 Å². The molecule has 2 aromatic rings. The Morgan fingerprint density at radius 3 is 2.22 bits per heavy atom. The Morgan fingerprint density at radius 1 is 0.889 bits per heavy atom. The van der Waals surface area contributed by atoms with Crippen LogP contribution in [-0.2, 0) is 4.79 Å². The summed E-state index contributed by atoms with van der Waals surface area (Å²) >= 11 is 0. The topological polar surface area (TPSA) is 55.1 Å². The number of rotatable bonds is 1. The molecule has 0 fully saturated rings. The van der Waals surface area contributed by atoms with E-state index in [1.165, 1.54) is 0 Å². The maximum absolute atomic E-state index is 11.9. The lowest BCUT2D eigenvalue weighted by atomic mass is 9.87. The van der Waals surface area contributed by atoms with Crippen molar-refractivity contribution in [3.05, 3.63) is 71.3 Å². The molecule has 0 bridgehead atoms. The second-order valence-corrected chi connectivity index (χ2v) is 4.46. The summed E-state index contributed by atoms with van der Waals surface area (Å²) in [5.41, 5.74) is 8.98. The quantitative estimate of drug-likeness (QED) is 0.797. The molecule has 2 aromatic carbocycles. The molecule has 0 saturated heterocycles. The van der Waals surface area contributed by atoms with Gasteiger partial charge in [0.05, 0.1) is 6.04 Å². The largest absolute Gasteiger partial charge is 0.344 e. The van der Waals surface area contributed by atoms with E-state index in [9.17, 15) is 4.79 Å². The van der Waals surface area contributed by atoms with Crippen molar-refractivity contribution in [2.75, 3.05) is 0 Å². The molecule has 1 amide bonds. The number of hydrogen-bond donors (Lipinski definition) is 2. The molecule has 0 spiro atoms. The molecular weight excluding hydrogens is 224 g/mol. The third-order valence-electron chi connectivity index (χ3n) is 3.34. The zero-order chi connectivity index (χ0) is 12.5. The van der Waals surface area contributed by atoms with Crippen LogP contribution in [0.3, 0.4) is 0 Å². The normalized spacial score (nSPS) is 22.2. The molecule has 3 heteroatoms. The molecule has 3 N–H and O–H groups in total. The van der Waals surface area contributed by atoms with E-state index in [2.05, 4.69) is 5.32 Å². The minimum atomic E-state index is -0.568. The highest BCUT2D eigenvalue weighted by Gasteiger charge is 2.30. The number of carbonyl (C=O) groups is 1. The zero-order valence-electron chi connectivity index (χ0n) is 9.84. The fourth-order valence-electron chi connectivity index (χ4n) is 2.42. The number of amides is 1. The van der Waals surface area contributed by atoms with Crippen LogP contribution in [0, 0.1) is 0 Å². The van der Waals surface area contributed by atoms with Crippen LogP contribution < -0.4 is 11.1 Å². The van der Waals surface area contributed by atoms with Gasteiger partial charge < -0.3 is 11.1 Å². The van der Waals surface area contributed by atoms with Crippen LogP contribution in [0.2, 0.25) is 0 Å². The van der Waals surface area contributed by atoms with E-state index < -0.39 is 6.04 Å². The molecule has 0 radical (unpaired) electrons. The minimum Gasteiger partial charge on any atom is -0.344 e. The van der Waals surface area contributed by atoms with Crippen LogP contribution in [-0.4, -0.2) is 5.91 Å². The molecule has 0 unspecified atom stereocenters. The summed E-state index contributed by atoms with van der Waals surface area (Å²) in [5, 5.41) is 2.97. The van der Waals surface area contributed by atoms with Gasteiger partial charge in [0.15, 0.2) is 0 Å². The lowest BCUT2D eigenvalue weighted by Crippen LogP contribution is -2.42. The molecule has 0 aromatic heterocycles. The van der Waals surface area contributed by atoms with Crippen molar-refractivity contribution in [1.82, 2.24) is 5.32 Å². The standard InChI is InChI=1S/C15H14N2O/c16-13-11-8-4-5-9-12(11)14(17-15(13)18)10-6-2-1-3-7-10/h1-9,13-14H,16H2,(H,17,18)/t13-,14-/m1/s1. The number of fused-ring (bicyclic) bond motifs is 1. The molecule has 1 aliphatic rings. The third-order valence-corrected chi connectivity index (χ3v) is 3.34. The summed E-state index contributed by atoms with van der Waals surface area (Å²) in [6, 6.07) is 17.1. The summed E-state index contributed by atoms with van der Waals surface area (Å²) in [5.74, 6) is -0.123. The lowest BCUT2D eigenvalue weighted by Gasteiger charge is -2.30. The minimum absolute atomic E-state index is 0.102. The molecule has 18 heavy (non-hydrogen) atoms. The molecule has 3 nitrogen and oxygen atoms in total. The van der Waals surface area contributed by atoms with Gasteiger partial charge in [0.1, 0.15) is 6.04 Å². The Kier molecular flexibility index (Phi) is 2.61. The second-order valence-electron chi connectivity index (χ2n) is 4.46. The number of hydrogen-bond acceptors (Lipinski definition) is 2. The smallest absolute Gasteiger partial charge is 0.242 e. The van der Waals surface area contributed by atoms with Gasteiger partial charge in [-0.05, 0) is 16.7 Å². The predicted molar refractivity (Wildman–Crippen MR) is 69.8 cm³/mol. The highest BCUT2D eigenvalue weighted by molar-refractivity contribution is 5.86. The van der Waals surface area contributed by atoms with Crippen molar-refractivity contribution < 1.29 is 4.79 Å². The molecule has 0 aliphatic carbocycles. The summed E-state index contributed by atoms with van der Waals surface area (Å²) in [4.78, 5) is 11.9. The van der Waals surface area contributed by atoms with Crippen molar-refractivity contribution in [3.8, 4) is 0 Å². The molecule has 2 atom stereocenters. The first kappa shape index (κ1) is 11.0. The first-order valence-electron chi connectivity index (χ1n) is 5.97. The highest BCUT2D eigenvalue weighted by Crippen LogP contribution is 2.32. The summed E-state index contributed by atoms with van der Waals surface area (Å²) in [7, 11) is 0. The number of carbonyl (C=O) groups excluding carboxylic acids is 1. The molecule has 1 aliphatic heterocycles. The van der Waals surface area contributed by atoms with Crippen LogP contribution in [0.5, 0.6) is 0 Å². The zero-order valence-corrected chi connectivity index (χ0v) is 9.84. The maximum Gasteiger partial charge on any atom is 0.242 e. The predicted octanol–water partition coefficient (Wildman–Crippen LogP) is 1.91. The van der Waals surface area contributed by atoms with Crippen LogP contribution >= 0.6 is 0 Å². The average molecular weight is 238 g/mol. The van der Waals surface area contributed by atoms with Gasteiger partial charge in [0, 0.05) is 0 Å². The number of benzene rings is 2. The fourth-order valence-corrected chi connectivity index (χ4v) is 2.42. The summed E-state index contributed by atoms with van der Waals surface area (Å²) in [6.07, 6.45) is 0. The first-order chi connectivity index (χ1) is 8.77. The van der Waals surface area contributed by atoms with Gasteiger partial charge >= 0.3 is 0 Å². The third kappa shape index (κ3) is 1.69. The Bertz CT molecular complexity index is 580. The van der Waals surface area contributed by atoms with E-state index in [1.807, 2.05) is 54.6 Å². The van der Waals surface area contributed by atoms with Gasteiger partial charge in [-0.2, -0.15) is 0 Å². The van der Waals surface area contributed by atoms with Crippen molar-refractivity contribution in [1.29, 1.82) is 0 Å². The Labute approximate surface area is 106 Å². The molecule has 1 heterocycles. The number of nitrogens with one attached hydrogen (secondary N) is 1. The van der Waals surface area contributed by atoms with E-state index in [0.29, 0.717) is 0 Å². The highest BCUT2D eigenvalue weighted by atomic mass is 16.2. The van der Waals surface area contributed by atoms with E-state index in [-0.39, 0.29) is 11.9 Å². The molecule has 0 saturated carbocycles. The number of nitrogens with two attached hydrogens (primary N) is 1. The lowest BCUT2D eigenvalue weighted by molar-refractivity contribution is -0.123. The molecule has 90 valence electrons. The first-order valence-corrected chi connectivity index (χ1v) is 5.97. The van der Waals surface area contributed by atoms with Gasteiger partial charge in [0.2, 0.25) is 5.91 Å². The maximum atomic E-state index is 11.9. The molecule has 3 rings (SSSR count). The Balaban J connectivity index is 2.13. The second kappa shape index (κ2) is 4.27. The van der Waals surface area contributed by atoms with Gasteiger partial charge in [-0.1, -0.05) is 54.6 Å². The Hall–Kier alpha value is -2.13. The van der Waals surface area contributed by atoms with Crippen molar-refractivity contribution in [3.63, 3.8) is 0 Å². The summed E-state index contributed by atoms with van der Waals surface area (Å²) in [6.45, 7) is 0. The van der Waals surface area contributed by atoms with E-state index in [1.54, 1.807) is 0 Å².